The van der Waals surface area contributed by atoms with Gasteiger partial charge in [-0.05, 0) is 38.3 Å². The van der Waals surface area contributed by atoms with E-state index >= 15 is 0 Å². The van der Waals surface area contributed by atoms with Crippen LogP contribution in [0.1, 0.15) is 44.2 Å². The predicted molar refractivity (Wildman–Crippen MR) is 84.2 cm³/mol. The number of methoxy groups -OCH3 is 2. The Balaban J connectivity index is 2.08. The summed E-state index contributed by atoms with van der Waals surface area (Å²) in [6, 6.07) is 6.33. The van der Waals surface area contributed by atoms with Crippen LogP contribution < -0.4 is 14.8 Å². The second-order valence-electron chi connectivity index (χ2n) is 5.43. The van der Waals surface area contributed by atoms with Crippen molar-refractivity contribution in [3.63, 3.8) is 0 Å². The fourth-order valence-electron chi connectivity index (χ4n) is 2.94. The van der Waals surface area contributed by atoms with Gasteiger partial charge < -0.3 is 19.5 Å². The SMILES string of the molecule is CCNC(CCC1CCCO1)c1ccc(OC)cc1OC. The van der Waals surface area contributed by atoms with Gasteiger partial charge in [-0.3, -0.25) is 0 Å². The Morgan fingerprint density at radius 2 is 2.19 bits per heavy atom. The Labute approximate surface area is 127 Å². The Kier molecular flexibility index (Phi) is 6.33. The van der Waals surface area contributed by atoms with Crippen molar-refractivity contribution in [2.45, 2.75) is 44.8 Å². The molecule has 1 heterocycles. The molecule has 1 fully saturated rings. The summed E-state index contributed by atoms with van der Waals surface area (Å²) < 4.78 is 16.5. The van der Waals surface area contributed by atoms with Crippen molar-refractivity contribution in [2.75, 3.05) is 27.4 Å². The first-order valence-electron chi connectivity index (χ1n) is 7.85. The monoisotopic (exact) mass is 293 g/mol. The summed E-state index contributed by atoms with van der Waals surface area (Å²) in [7, 11) is 3.38. The molecule has 0 aromatic heterocycles. The molecule has 0 radical (unpaired) electrons. The lowest BCUT2D eigenvalue weighted by Gasteiger charge is -2.22. The lowest BCUT2D eigenvalue weighted by atomic mass is 9.98. The fraction of sp³-hybridized carbons (Fsp3) is 0.647. The van der Waals surface area contributed by atoms with Crippen molar-refractivity contribution < 1.29 is 14.2 Å². The largest absolute Gasteiger partial charge is 0.497 e. The summed E-state index contributed by atoms with van der Waals surface area (Å²) >= 11 is 0. The second-order valence-corrected chi connectivity index (χ2v) is 5.43. The van der Waals surface area contributed by atoms with Crippen LogP contribution in [0.3, 0.4) is 0 Å². The Morgan fingerprint density at radius 1 is 1.33 bits per heavy atom. The summed E-state index contributed by atoms with van der Waals surface area (Å²) in [5, 5.41) is 3.56. The van der Waals surface area contributed by atoms with Crippen LogP contribution in [0, 0.1) is 0 Å². The van der Waals surface area contributed by atoms with Gasteiger partial charge in [0.15, 0.2) is 0 Å². The lowest BCUT2D eigenvalue weighted by Crippen LogP contribution is -2.23. The van der Waals surface area contributed by atoms with E-state index in [-0.39, 0.29) is 0 Å². The molecule has 2 atom stereocenters. The van der Waals surface area contributed by atoms with E-state index in [1.807, 2.05) is 12.1 Å². The topological polar surface area (TPSA) is 39.7 Å². The fourth-order valence-corrected chi connectivity index (χ4v) is 2.94. The Morgan fingerprint density at radius 3 is 2.81 bits per heavy atom. The molecule has 4 heteroatoms. The number of nitrogens with one attached hydrogen (secondary N) is 1. The smallest absolute Gasteiger partial charge is 0.127 e. The lowest BCUT2D eigenvalue weighted by molar-refractivity contribution is 0.0995. The highest BCUT2D eigenvalue weighted by atomic mass is 16.5. The van der Waals surface area contributed by atoms with Crippen LogP contribution >= 0.6 is 0 Å². The van der Waals surface area contributed by atoms with Crippen LogP contribution in [0.25, 0.3) is 0 Å². The van der Waals surface area contributed by atoms with Gasteiger partial charge in [-0.1, -0.05) is 13.0 Å². The highest BCUT2D eigenvalue weighted by Gasteiger charge is 2.20. The number of ether oxygens (including phenoxy) is 3. The molecule has 1 N–H and O–H groups in total. The molecule has 1 aliphatic rings. The molecule has 0 bridgehead atoms. The van der Waals surface area contributed by atoms with Crippen molar-refractivity contribution in [3.8, 4) is 11.5 Å². The van der Waals surface area contributed by atoms with Crippen molar-refractivity contribution >= 4 is 0 Å². The molecular formula is C17H27NO3. The van der Waals surface area contributed by atoms with Gasteiger partial charge in [-0.2, -0.15) is 0 Å². The highest BCUT2D eigenvalue weighted by molar-refractivity contribution is 5.42. The van der Waals surface area contributed by atoms with Gasteiger partial charge in [-0.25, -0.2) is 0 Å². The maximum atomic E-state index is 5.73. The molecule has 1 aromatic rings. The zero-order valence-electron chi connectivity index (χ0n) is 13.4. The molecule has 1 saturated heterocycles. The van der Waals surface area contributed by atoms with Gasteiger partial charge in [0.05, 0.1) is 20.3 Å². The Hall–Kier alpha value is -1.26. The zero-order valence-corrected chi connectivity index (χ0v) is 13.4. The van der Waals surface area contributed by atoms with E-state index in [2.05, 4.69) is 18.3 Å². The molecular weight excluding hydrogens is 266 g/mol. The third-order valence-electron chi connectivity index (χ3n) is 4.07. The van der Waals surface area contributed by atoms with E-state index in [1.165, 1.54) is 18.4 Å². The summed E-state index contributed by atoms with van der Waals surface area (Å²) in [4.78, 5) is 0. The van der Waals surface area contributed by atoms with Crippen LogP contribution in [0.5, 0.6) is 11.5 Å². The summed E-state index contributed by atoms with van der Waals surface area (Å²) in [5.41, 5.74) is 1.19. The van der Waals surface area contributed by atoms with Crippen LogP contribution in [0.2, 0.25) is 0 Å². The molecule has 1 aromatic carbocycles. The van der Waals surface area contributed by atoms with Gasteiger partial charge in [0.2, 0.25) is 0 Å². The van der Waals surface area contributed by atoms with E-state index < -0.39 is 0 Å². The quantitative estimate of drug-likeness (QED) is 0.798. The molecule has 4 nitrogen and oxygen atoms in total. The first kappa shape index (κ1) is 16.1. The minimum absolute atomic E-state index is 0.292. The molecule has 2 unspecified atom stereocenters. The van der Waals surface area contributed by atoms with Gasteiger partial charge in [0.1, 0.15) is 11.5 Å². The van der Waals surface area contributed by atoms with Crippen molar-refractivity contribution in [2.24, 2.45) is 0 Å². The van der Waals surface area contributed by atoms with E-state index in [9.17, 15) is 0 Å². The third-order valence-corrected chi connectivity index (χ3v) is 4.07. The molecule has 0 saturated carbocycles. The van der Waals surface area contributed by atoms with Crippen LogP contribution in [-0.4, -0.2) is 33.5 Å². The first-order valence-corrected chi connectivity index (χ1v) is 7.85. The van der Waals surface area contributed by atoms with E-state index in [0.29, 0.717) is 12.1 Å². The molecule has 0 amide bonds. The average molecular weight is 293 g/mol. The van der Waals surface area contributed by atoms with Crippen LogP contribution in [0.15, 0.2) is 18.2 Å². The predicted octanol–water partition coefficient (Wildman–Crippen LogP) is 3.31. The van der Waals surface area contributed by atoms with E-state index in [4.69, 9.17) is 14.2 Å². The molecule has 0 spiro atoms. The molecule has 1 aliphatic heterocycles. The van der Waals surface area contributed by atoms with Crippen LogP contribution in [-0.2, 0) is 4.74 Å². The van der Waals surface area contributed by atoms with Gasteiger partial charge in [0.25, 0.3) is 0 Å². The van der Waals surface area contributed by atoms with Crippen molar-refractivity contribution in [1.29, 1.82) is 0 Å². The van der Waals surface area contributed by atoms with Gasteiger partial charge in [-0.15, -0.1) is 0 Å². The van der Waals surface area contributed by atoms with Crippen molar-refractivity contribution in [3.05, 3.63) is 23.8 Å². The summed E-state index contributed by atoms with van der Waals surface area (Å²) in [6.07, 6.45) is 4.96. The minimum Gasteiger partial charge on any atom is -0.497 e. The zero-order chi connectivity index (χ0) is 15.1. The average Bonchev–Trinajstić information content (AvgIpc) is 3.04. The number of hydrogen-bond donors (Lipinski definition) is 1. The van der Waals surface area contributed by atoms with E-state index in [0.717, 1.165) is 37.5 Å². The second kappa shape index (κ2) is 8.25. The normalized spacial score (nSPS) is 19.5. The third kappa shape index (κ3) is 4.35. The van der Waals surface area contributed by atoms with Gasteiger partial charge >= 0.3 is 0 Å². The summed E-state index contributed by atoms with van der Waals surface area (Å²) in [6.45, 7) is 3.99. The molecule has 2 rings (SSSR count). The van der Waals surface area contributed by atoms with Crippen molar-refractivity contribution in [1.82, 2.24) is 5.32 Å². The molecule has 118 valence electrons. The van der Waals surface area contributed by atoms with Crippen LogP contribution in [0.4, 0.5) is 0 Å². The number of hydrogen-bond acceptors (Lipinski definition) is 4. The Bertz CT molecular complexity index is 430. The molecule has 0 aliphatic carbocycles. The number of benzene rings is 1. The standard InChI is InChI=1S/C17H27NO3/c1-4-18-16(10-8-13-6-5-11-21-13)15-9-7-14(19-2)12-17(15)20-3/h7,9,12-13,16,18H,4-6,8,10-11H2,1-3H3. The highest BCUT2D eigenvalue weighted by Crippen LogP contribution is 2.32. The van der Waals surface area contributed by atoms with Gasteiger partial charge in [0, 0.05) is 24.3 Å². The first-order chi connectivity index (χ1) is 10.3. The minimum atomic E-state index is 0.292. The maximum absolute atomic E-state index is 5.73. The molecule has 21 heavy (non-hydrogen) atoms. The summed E-state index contributed by atoms with van der Waals surface area (Å²) in [5.74, 6) is 1.71. The number of rotatable bonds is 8. The maximum Gasteiger partial charge on any atom is 0.127 e. The van der Waals surface area contributed by atoms with E-state index in [1.54, 1.807) is 14.2 Å².